The van der Waals surface area contributed by atoms with Gasteiger partial charge in [-0.05, 0) is 23.6 Å². The van der Waals surface area contributed by atoms with Gasteiger partial charge >= 0.3 is 0 Å². The van der Waals surface area contributed by atoms with Gasteiger partial charge in [-0.25, -0.2) is 0 Å². The van der Waals surface area contributed by atoms with Crippen molar-refractivity contribution in [2.24, 2.45) is 5.92 Å². The molecule has 3 aromatic rings. The Morgan fingerprint density at radius 3 is 2.70 bits per heavy atom. The van der Waals surface area contributed by atoms with E-state index in [1.807, 2.05) is 61.5 Å². The van der Waals surface area contributed by atoms with Crippen LogP contribution in [0, 0.1) is 5.92 Å². The third-order valence-electron chi connectivity index (χ3n) is 4.91. The van der Waals surface area contributed by atoms with Crippen molar-refractivity contribution in [2.45, 2.75) is 32.9 Å². The van der Waals surface area contributed by atoms with Gasteiger partial charge < -0.3 is 19.3 Å². The van der Waals surface area contributed by atoms with Crippen LogP contribution in [0.4, 0.5) is 0 Å². The van der Waals surface area contributed by atoms with Crippen molar-refractivity contribution in [3.8, 4) is 17.1 Å². The third-order valence-corrected chi connectivity index (χ3v) is 4.91. The third kappa shape index (κ3) is 5.67. The molecule has 1 aromatic heterocycles. The topological polar surface area (TPSA) is 86.5 Å². The van der Waals surface area contributed by atoms with Crippen LogP contribution in [0.5, 0.6) is 5.75 Å². The van der Waals surface area contributed by atoms with Gasteiger partial charge in [-0.15, -0.1) is 0 Å². The minimum Gasteiger partial charge on any atom is -0.497 e. The summed E-state index contributed by atoms with van der Waals surface area (Å²) in [5, 5.41) is 7.06. The second-order valence-corrected chi connectivity index (χ2v) is 7.10. The lowest BCUT2D eigenvalue weighted by atomic mass is 9.99. The van der Waals surface area contributed by atoms with Crippen molar-refractivity contribution < 1.29 is 18.8 Å². The summed E-state index contributed by atoms with van der Waals surface area (Å²) in [7, 11) is 1.61. The second-order valence-electron chi connectivity index (χ2n) is 7.10. The van der Waals surface area contributed by atoms with Crippen LogP contribution in [0.2, 0.25) is 0 Å². The highest BCUT2D eigenvalue weighted by Gasteiger charge is 2.26. The fourth-order valence-corrected chi connectivity index (χ4v) is 2.97. The highest BCUT2D eigenvalue weighted by Crippen LogP contribution is 2.27. The predicted octanol–water partition coefficient (Wildman–Crippen LogP) is 4.17. The number of nitrogens with one attached hydrogen (secondary N) is 1. The first-order chi connectivity index (χ1) is 14.6. The van der Waals surface area contributed by atoms with Gasteiger partial charge in [-0.3, -0.25) is 4.79 Å². The van der Waals surface area contributed by atoms with E-state index >= 15 is 0 Å². The summed E-state index contributed by atoms with van der Waals surface area (Å²) < 4.78 is 16.3. The Kier molecular flexibility index (Phi) is 7.57. The zero-order chi connectivity index (χ0) is 21.3. The van der Waals surface area contributed by atoms with E-state index in [-0.39, 0.29) is 18.4 Å². The first kappa shape index (κ1) is 21.5. The highest BCUT2D eigenvalue weighted by atomic mass is 16.5. The molecule has 7 nitrogen and oxygen atoms in total. The standard InChI is InChI=1S/C23H27N3O4/c1-4-16(2)21(24-20(27)15-29-14-17-9-6-5-7-10-17)23-25-22(26-30-23)18-11-8-12-19(13-18)28-3/h5-13,16,21H,4,14-15H2,1-3H3,(H,24,27)/t16-,21-/m1/s1. The van der Waals surface area contributed by atoms with Gasteiger partial charge in [0, 0.05) is 5.56 Å². The quantitative estimate of drug-likeness (QED) is 0.541. The van der Waals surface area contributed by atoms with Crippen LogP contribution >= 0.6 is 0 Å². The van der Waals surface area contributed by atoms with Crippen molar-refractivity contribution >= 4 is 5.91 Å². The molecule has 1 amide bonds. The Balaban J connectivity index is 1.65. The van der Waals surface area contributed by atoms with Crippen LogP contribution in [0.3, 0.4) is 0 Å². The zero-order valence-electron chi connectivity index (χ0n) is 17.5. The molecule has 30 heavy (non-hydrogen) atoms. The van der Waals surface area contributed by atoms with Gasteiger partial charge in [0.15, 0.2) is 0 Å². The number of carbonyl (C=O) groups excluding carboxylic acids is 1. The normalized spacial score (nSPS) is 12.9. The number of carbonyl (C=O) groups is 1. The SMILES string of the molecule is CC[C@@H](C)[C@@H](NC(=O)COCc1ccccc1)c1nc(-c2cccc(OC)c2)no1. The molecule has 2 aromatic carbocycles. The number of ether oxygens (including phenoxy) is 2. The molecular weight excluding hydrogens is 382 g/mol. The van der Waals surface area contributed by atoms with E-state index in [2.05, 4.69) is 22.4 Å². The van der Waals surface area contributed by atoms with Crippen molar-refractivity contribution in [2.75, 3.05) is 13.7 Å². The lowest BCUT2D eigenvalue weighted by Crippen LogP contribution is -2.35. The molecule has 158 valence electrons. The fraction of sp³-hybridized carbons (Fsp3) is 0.348. The van der Waals surface area contributed by atoms with Crippen molar-refractivity contribution in [1.82, 2.24) is 15.5 Å². The molecule has 0 unspecified atom stereocenters. The maximum Gasteiger partial charge on any atom is 0.249 e. The summed E-state index contributed by atoms with van der Waals surface area (Å²) in [6, 6.07) is 16.8. The largest absolute Gasteiger partial charge is 0.497 e. The number of aromatic nitrogens is 2. The van der Waals surface area contributed by atoms with Crippen LogP contribution in [-0.4, -0.2) is 29.8 Å². The Labute approximate surface area is 176 Å². The van der Waals surface area contributed by atoms with Crippen molar-refractivity contribution in [3.05, 3.63) is 66.1 Å². The number of hydrogen-bond acceptors (Lipinski definition) is 6. The van der Waals surface area contributed by atoms with Crippen molar-refractivity contribution in [1.29, 1.82) is 0 Å². The molecule has 0 radical (unpaired) electrons. The van der Waals surface area contributed by atoms with Gasteiger partial charge in [-0.2, -0.15) is 4.98 Å². The number of benzene rings is 2. The smallest absolute Gasteiger partial charge is 0.249 e. The molecule has 0 aliphatic rings. The summed E-state index contributed by atoms with van der Waals surface area (Å²) in [6.07, 6.45) is 0.840. The molecule has 0 spiro atoms. The molecule has 0 saturated heterocycles. The number of hydrogen-bond donors (Lipinski definition) is 1. The molecule has 7 heteroatoms. The molecule has 1 N–H and O–H groups in total. The number of rotatable bonds is 10. The summed E-state index contributed by atoms with van der Waals surface area (Å²) >= 11 is 0. The summed E-state index contributed by atoms with van der Waals surface area (Å²) in [6.45, 7) is 4.42. The van der Waals surface area contributed by atoms with Crippen LogP contribution in [0.15, 0.2) is 59.1 Å². The monoisotopic (exact) mass is 409 g/mol. The molecule has 0 fully saturated rings. The van der Waals surface area contributed by atoms with Gasteiger partial charge in [-0.1, -0.05) is 67.9 Å². The van der Waals surface area contributed by atoms with Gasteiger partial charge in [0.05, 0.1) is 13.7 Å². The van der Waals surface area contributed by atoms with Gasteiger partial charge in [0.2, 0.25) is 17.6 Å². The molecule has 3 rings (SSSR count). The lowest BCUT2D eigenvalue weighted by molar-refractivity contribution is -0.127. The van der Waals surface area contributed by atoms with Crippen LogP contribution in [-0.2, 0) is 16.1 Å². The maximum absolute atomic E-state index is 12.5. The summed E-state index contributed by atoms with van der Waals surface area (Å²) in [4.78, 5) is 17.0. The van der Waals surface area contributed by atoms with Gasteiger partial charge in [0.25, 0.3) is 0 Å². The predicted molar refractivity (Wildman–Crippen MR) is 113 cm³/mol. The molecule has 0 aliphatic carbocycles. The van der Waals surface area contributed by atoms with E-state index in [0.29, 0.717) is 24.1 Å². The fourth-order valence-electron chi connectivity index (χ4n) is 2.97. The average molecular weight is 409 g/mol. The first-order valence-corrected chi connectivity index (χ1v) is 9.99. The number of methoxy groups -OCH3 is 1. The Bertz CT molecular complexity index is 942. The lowest BCUT2D eigenvalue weighted by Gasteiger charge is -2.20. The van der Waals surface area contributed by atoms with E-state index in [4.69, 9.17) is 14.0 Å². The molecule has 0 saturated carbocycles. The average Bonchev–Trinajstić information content (AvgIpc) is 3.28. The van der Waals surface area contributed by atoms with Crippen LogP contribution < -0.4 is 10.1 Å². The highest BCUT2D eigenvalue weighted by molar-refractivity contribution is 5.77. The van der Waals surface area contributed by atoms with Crippen LogP contribution in [0.25, 0.3) is 11.4 Å². The Morgan fingerprint density at radius 2 is 1.97 bits per heavy atom. The van der Waals surface area contributed by atoms with E-state index in [1.54, 1.807) is 7.11 Å². The van der Waals surface area contributed by atoms with E-state index in [9.17, 15) is 4.79 Å². The minimum absolute atomic E-state index is 0.0429. The van der Waals surface area contributed by atoms with Crippen molar-refractivity contribution in [3.63, 3.8) is 0 Å². The van der Waals surface area contributed by atoms with Gasteiger partial charge in [0.1, 0.15) is 18.4 Å². The molecular formula is C23H27N3O4. The zero-order valence-corrected chi connectivity index (χ0v) is 17.5. The molecule has 0 aliphatic heterocycles. The molecule has 2 atom stereocenters. The summed E-state index contributed by atoms with van der Waals surface area (Å²) in [5.74, 6) is 1.42. The Morgan fingerprint density at radius 1 is 1.17 bits per heavy atom. The maximum atomic E-state index is 12.5. The molecule has 0 bridgehead atoms. The first-order valence-electron chi connectivity index (χ1n) is 9.99. The van der Waals surface area contributed by atoms with E-state index < -0.39 is 6.04 Å². The minimum atomic E-state index is -0.394. The van der Waals surface area contributed by atoms with E-state index in [0.717, 1.165) is 17.5 Å². The molecule has 1 heterocycles. The van der Waals surface area contributed by atoms with E-state index in [1.165, 1.54) is 0 Å². The second kappa shape index (κ2) is 10.5. The summed E-state index contributed by atoms with van der Waals surface area (Å²) in [5.41, 5.74) is 1.80. The Hall–Kier alpha value is -3.19. The van der Waals surface area contributed by atoms with Crippen LogP contribution in [0.1, 0.15) is 37.8 Å². The number of nitrogens with zero attached hydrogens (tertiary/aromatic N) is 2. The number of amides is 1.